The van der Waals surface area contributed by atoms with Crippen molar-refractivity contribution in [3.8, 4) is 11.4 Å². The number of aromatic nitrogens is 2. The monoisotopic (exact) mass is 232 g/mol. The van der Waals surface area contributed by atoms with E-state index in [1.165, 1.54) is 0 Å². The van der Waals surface area contributed by atoms with Crippen molar-refractivity contribution in [2.75, 3.05) is 6.26 Å². The molecule has 0 fully saturated rings. The predicted octanol–water partition coefficient (Wildman–Crippen LogP) is 2.02. The summed E-state index contributed by atoms with van der Waals surface area (Å²) < 4.78 is 11.1. The van der Waals surface area contributed by atoms with Gasteiger partial charge in [0, 0.05) is 23.3 Å². The second kappa shape index (κ2) is 4.99. The van der Waals surface area contributed by atoms with Gasteiger partial charge in [-0.2, -0.15) is 0 Å². The Balaban J connectivity index is 2.33. The van der Waals surface area contributed by atoms with Crippen molar-refractivity contribution < 1.29 is 4.21 Å². The Morgan fingerprint density at radius 1 is 1.12 bits per heavy atom. The Hall–Kier alpha value is -1.55. The zero-order valence-corrected chi connectivity index (χ0v) is 9.78. The van der Waals surface area contributed by atoms with Crippen LogP contribution in [0.1, 0.15) is 5.69 Å². The largest absolute Gasteiger partial charge is 0.259 e. The molecule has 0 aliphatic heterocycles. The van der Waals surface area contributed by atoms with E-state index in [0.717, 1.165) is 17.1 Å². The highest BCUT2D eigenvalue weighted by Gasteiger charge is 2.02. The normalized spacial score (nSPS) is 12.3. The summed E-state index contributed by atoms with van der Waals surface area (Å²) >= 11 is 0. The standard InChI is InChI=1S/C12H12N2OS/c1-16(15)9-10-5-4-7-12(14-10)11-6-2-3-8-13-11/h2-8H,9H2,1H3. The van der Waals surface area contributed by atoms with Crippen molar-refractivity contribution in [2.24, 2.45) is 0 Å². The molecular weight excluding hydrogens is 220 g/mol. The molecule has 1 atom stereocenters. The summed E-state index contributed by atoms with van der Waals surface area (Å²) in [5.41, 5.74) is 2.50. The minimum Gasteiger partial charge on any atom is -0.259 e. The Kier molecular flexibility index (Phi) is 3.41. The van der Waals surface area contributed by atoms with E-state index < -0.39 is 10.8 Å². The van der Waals surface area contributed by atoms with Crippen LogP contribution in [0, 0.1) is 0 Å². The molecule has 0 aliphatic rings. The first-order chi connectivity index (χ1) is 7.75. The lowest BCUT2D eigenvalue weighted by atomic mass is 10.2. The van der Waals surface area contributed by atoms with Crippen molar-refractivity contribution >= 4 is 10.8 Å². The van der Waals surface area contributed by atoms with Gasteiger partial charge in [-0.3, -0.25) is 14.2 Å². The summed E-state index contributed by atoms with van der Waals surface area (Å²) in [4.78, 5) is 8.66. The molecule has 0 aromatic carbocycles. The van der Waals surface area contributed by atoms with Crippen LogP contribution in [0.5, 0.6) is 0 Å². The van der Waals surface area contributed by atoms with Crippen LogP contribution in [0.25, 0.3) is 11.4 Å². The Morgan fingerprint density at radius 2 is 1.94 bits per heavy atom. The van der Waals surface area contributed by atoms with Crippen molar-refractivity contribution in [3.05, 3.63) is 48.3 Å². The first-order valence-corrected chi connectivity index (χ1v) is 6.66. The smallest absolute Gasteiger partial charge is 0.0889 e. The lowest BCUT2D eigenvalue weighted by Gasteiger charge is -2.02. The van der Waals surface area contributed by atoms with Gasteiger partial charge in [-0.15, -0.1) is 0 Å². The van der Waals surface area contributed by atoms with E-state index in [-0.39, 0.29) is 0 Å². The number of rotatable bonds is 3. The maximum atomic E-state index is 11.1. The van der Waals surface area contributed by atoms with Crippen molar-refractivity contribution in [3.63, 3.8) is 0 Å². The molecule has 0 spiro atoms. The molecule has 1 unspecified atom stereocenters. The van der Waals surface area contributed by atoms with Gasteiger partial charge in [0.15, 0.2) is 0 Å². The highest BCUT2D eigenvalue weighted by atomic mass is 32.2. The maximum Gasteiger partial charge on any atom is 0.0889 e. The zero-order valence-electron chi connectivity index (χ0n) is 8.96. The van der Waals surface area contributed by atoms with Gasteiger partial charge in [0.05, 0.1) is 22.8 Å². The lowest BCUT2D eigenvalue weighted by molar-refractivity contribution is 0.686. The topological polar surface area (TPSA) is 42.9 Å². The molecule has 0 amide bonds. The average molecular weight is 232 g/mol. The SMILES string of the molecule is CS(=O)Cc1cccc(-c2ccccn2)n1. The lowest BCUT2D eigenvalue weighted by Crippen LogP contribution is -1.97. The van der Waals surface area contributed by atoms with Crippen LogP contribution in [0.4, 0.5) is 0 Å². The van der Waals surface area contributed by atoms with E-state index in [0.29, 0.717) is 5.75 Å². The Bertz CT molecular complexity index is 499. The van der Waals surface area contributed by atoms with E-state index in [9.17, 15) is 4.21 Å². The fourth-order valence-electron chi connectivity index (χ4n) is 1.43. The van der Waals surface area contributed by atoms with Crippen LogP contribution in [0.15, 0.2) is 42.6 Å². The van der Waals surface area contributed by atoms with E-state index in [1.54, 1.807) is 12.5 Å². The molecule has 16 heavy (non-hydrogen) atoms. The molecular formula is C12H12N2OS. The fraction of sp³-hybridized carbons (Fsp3) is 0.167. The van der Waals surface area contributed by atoms with Crippen LogP contribution in [-0.4, -0.2) is 20.4 Å². The van der Waals surface area contributed by atoms with E-state index in [2.05, 4.69) is 9.97 Å². The highest BCUT2D eigenvalue weighted by Crippen LogP contribution is 2.14. The van der Waals surface area contributed by atoms with Crippen LogP contribution >= 0.6 is 0 Å². The third-order valence-electron chi connectivity index (χ3n) is 2.09. The van der Waals surface area contributed by atoms with Gasteiger partial charge in [-0.25, -0.2) is 0 Å². The van der Waals surface area contributed by atoms with Crippen LogP contribution < -0.4 is 0 Å². The van der Waals surface area contributed by atoms with Crippen molar-refractivity contribution in [2.45, 2.75) is 5.75 Å². The molecule has 0 radical (unpaired) electrons. The van der Waals surface area contributed by atoms with E-state index in [4.69, 9.17) is 0 Å². The van der Waals surface area contributed by atoms with Crippen LogP contribution in [0.3, 0.4) is 0 Å². The number of hydrogen-bond donors (Lipinski definition) is 0. The van der Waals surface area contributed by atoms with Gasteiger partial charge < -0.3 is 0 Å². The van der Waals surface area contributed by atoms with Crippen molar-refractivity contribution in [1.82, 2.24) is 9.97 Å². The molecule has 2 aromatic heterocycles. The van der Waals surface area contributed by atoms with E-state index >= 15 is 0 Å². The summed E-state index contributed by atoms with van der Waals surface area (Å²) in [6.07, 6.45) is 3.41. The van der Waals surface area contributed by atoms with Gasteiger partial charge >= 0.3 is 0 Å². The maximum absolute atomic E-state index is 11.1. The number of pyridine rings is 2. The molecule has 0 saturated carbocycles. The fourth-order valence-corrected chi connectivity index (χ4v) is 2.00. The molecule has 0 bridgehead atoms. The summed E-state index contributed by atoms with van der Waals surface area (Å²) in [6, 6.07) is 11.4. The quantitative estimate of drug-likeness (QED) is 0.813. The first kappa shape index (κ1) is 11.0. The predicted molar refractivity (Wildman–Crippen MR) is 65.2 cm³/mol. The van der Waals surface area contributed by atoms with Gasteiger partial charge in [0.25, 0.3) is 0 Å². The molecule has 0 saturated heterocycles. The molecule has 82 valence electrons. The van der Waals surface area contributed by atoms with Gasteiger partial charge in [0.1, 0.15) is 0 Å². The third-order valence-corrected chi connectivity index (χ3v) is 2.79. The first-order valence-electron chi connectivity index (χ1n) is 4.93. The molecule has 2 heterocycles. The Morgan fingerprint density at radius 3 is 2.62 bits per heavy atom. The van der Waals surface area contributed by atoms with Gasteiger partial charge in [0.2, 0.25) is 0 Å². The average Bonchev–Trinajstić information content (AvgIpc) is 2.30. The number of nitrogens with zero attached hydrogens (tertiary/aromatic N) is 2. The zero-order chi connectivity index (χ0) is 11.4. The van der Waals surface area contributed by atoms with Crippen molar-refractivity contribution in [1.29, 1.82) is 0 Å². The second-order valence-electron chi connectivity index (χ2n) is 3.45. The molecule has 0 aliphatic carbocycles. The minimum absolute atomic E-state index is 0.487. The van der Waals surface area contributed by atoms with E-state index in [1.807, 2.05) is 36.4 Å². The van der Waals surface area contributed by atoms with Crippen LogP contribution in [0.2, 0.25) is 0 Å². The summed E-state index contributed by atoms with van der Waals surface area (Å²) in [5, 5.41) is 0. The van der Waals surface area contributed by atoms with Gasteiger partial charge in [-0.1, -0.05) is 12.1 Å². The third kappa shape index (κ3) is 2.73. The summed E-state index contributed by atoms with van der Waals surface area (Å²) in [5.74, 6) is 0.487. The molecule has 3 nitrogen and oxygen atoms in total. The molecule has 2 rings (SSSR count). The Labute approximate surface area is 97.0 Å². The summed E-state index contributed by atoms with van der Waals surface area (Å²) in [7, 11) is -0.864. The van der Waals surface area contributed by atoms with Gasteiger partial charge in [-0.05, 0) is 24.3 Å². The highest BCUT2D eigenvalue weighted by molar-refractivity contribution is 7.83. The summed E-state index contributed by atoms with van der Waals surface area (Å²) in [6.45, 7) is 0. The minimum atomic E-state index is -0.864. The molecule has 0 N–H and O–H groups in total. The molecule has 2 aromatic rings. The van der Waals surface area contributed by atoms with Crippen LogP contribution in [-0.2, 0) is 16.6 Å². The molecule has 4 heteroatoms. The second-order valence-corrected chi connectivity index (χ2v) is 4.88. The number of hydrogen-bond acceptors (Lipinski definition) is 3.